The molecule has 0 aliphatic rings. The van der Waals surface area contributed by atoms with Gasteiger partial charge in [-0.1, -0.05) is 17.7 Å². The smallest absolute Gasteiger partial charge is 0.148 e. The van der Waals surface area contributed by atoms with Crippen molar-refractivity contribution in [2.24, 2.45) is 0 Å². The molecule has 1 unspecified atom stereocenters. The van der Waals surface area contributed by atoms with Gasteiger partial charge in [0.05, 0.1) is 12.2 Å². The number of hydrogen-bond donors (Lipinski definition) is 1. The van der Waals surface area contributed by atoms with Crippen LogP contribution in [0.3, 0.4) is 0 Å². The first kappa shape index (κ1) is 10.8. The number of rotatable bonds is 3. The minimum Gasteiger partial charge on any atom is -0.362 e. The van der Waals surface area contributed by atoms with Crippen LogP contribution in [-0.4, -0.2) is 15.0 Å². The van der Waals surface area contributed by atoms with E-state index < -0.39 is 0 Å². The maximum atomic E-state index is 5.95. The second-order valence-electron chi connectivity index (χ2n) is 3.37. The maximum Gasteiger partial charge on any atom is 0.148 e. The lowest BCUT2D eigenvalue weighted by molar-refractivity contribution is 0.864. The number of nitrogens with one attached hydrogen (secondary N) is 1. The highest BCUT2D eigenvalue weighted by Crippen LogP contribution is 2.22. The Balaban J connectivity index is 2.14. The number of aromatic nitrogens is 3. The van der Waals surface area contributed by atoms with E-state index in [1.54, 1.807) is 12.4 Å². The molecule has 2 aromatic heterocycles. The van der Waals surface area contributed by atoms with Gasteiger partial charge in [-0.3, -0.25) is 4.98 Å². The van der Waals surface area contributed by atoms with Crippen LogP contribution in [0.15, 0.2) is 37.1 Å². The average molecular weight is 235 g/mol. The summed E-state index contributed by atoms with van der Waals surface area (Å²) >= 11 is 5.95. The SMILES string of the molecule is CC(Nc1ncncc1Cl)c1cccnc1. The lowest BCUT2D eigenvalue weighted by atomic mass is 10.1. The van der Waals surface area contributed by atoms with Gasteiger partial charge < -0.3 is 5.32 Å². The number of nitrogens with zero attached hydrogens (tertiary/aromatic N) is 3. The number of halogens is 1. The highest BCUT2D eigenvalue weighted by molar-refractivity contribution is 6.32. The summed E-state index contributed by atoms with van der Waals surface area (Å²) < 4.78 is 0. The summed E-state index contributed by atoms with van der Waals surface area (Å²) in [6.45, 7) is 2.02. The summed E-state index contributed by atoms with van der Waals surface area (Å²) in [6, 6.07) is 4.00. The summed E-state index contributed by atoms with van der Waals surface area (Å²) in [7, 11) is 0. The molecule has 2 heterocycles. The summed E-state index contributed by atoms with van der Waals surface area (Å²) in [5.41, 5.74) is 1.08. The molecule has 0 amide bonds. The van der Waals surface area contributed by atoms with E-state index in [1.807, 2.05) is 25.3 Å². The quantitative estimate of drug-likeness (QED) is 0.887. The molecule has 82 valence electrons. The molecule has 0 aliphatic carbocycles. The van der Waals surface area contributed by atoms with Crippen LogP contribution in [0.1, 0.15) is 18.5 Å². The Morgan fingerprint density at radius 3 is 2.88 bits per heavy atom. The van der Waals surface area contributed by atoms with Crippen LogP contribution in [0.2, 0.25) is 5.02 Å². The van der Waals surface area contributed by atoms with Crippen molar-refractivity contribution in [1.82, 2.24) is 15.0 Å². The van der Waals surface area contributed by atoms with Gasteiger partial charge in [0.25, 0.3) is 0 Å². The summed E-state index contributed by atoms with van der Waals surface area (Å²) in [6.07, 6.45) is 6.58. The van der Waals surface area contributed by atoms with E-state index in [4.69, 9.17) is 11.6 Å². The lowest BCUT2D eigenvalue weighted by Gasteiger charge is -2.14. The van der Waals surface area contributed by atoms with Crippen molar-refractivity contribution in [2.45, 2.75) is 13.0 Å². The van der Waals surface area contributed by atoms with Crippen LogP contribution >= 0.6 is 11.6 Å². The number of hydrogen-bond acceptors (Lipinski definition) is 4. The monoisotopic (exact) mass is 234 g/mol. The minimum atomic E-state index is 0.0982. The zero-order valence-electron chi connectivity index (χ0n) is 8.76. The van der Waals surface area contributed by atoms with Gasteiger partial charge in [-0.15, -0.1) is 0 Å². The molecule has 4 nitrogen and oxygen atoms in total. The van der Waals surface area contributed by atoms with E-state index in [9.17, 15) is 0 Å². The second kappa shape index (κ2) is 4.90. The average Bonchev–Trinajstić information content (AvgIpc) is 2.33. The van der Waals surface area contributed by atoms with E-state index in [2.05, 4.69) is 20.3 Å². The Kier molecular flexibility index (Phi) is 3.31. The Morgan fingerprint density at radius 1 is 1.31 bits per heavy atom. The minimum absolute atomic E-state index is 0.0982. The molecule has 0 bridgehead atoms. The summed E-state index contributed by atoms with van der Waals surface area (Å²) in [5, 5.41) is 3.72. The molecule has 0 saturated carbocycles. The van der Waals surface area contributed by atoms with Gasteiger partial charge in [-0.25, -0.2) is 9.97 Å². The predicted octanol–water partition coefficient (Wildman–Crippen LogP) is 2.70. The van der Waals surface area contributed by atoms with Crippen LogP contribution in [0.4, 0.5) is 5.82 Å². The van der Waals surface area contributed by atoms with Gasteiger partial charge in [0.15, 0.2) is 0 Å². The fourth-order valence-electron chi connectivity index (χ4n) is 1.34. The number of pyridine rings is 1. The van der Waals surface area contributed by atoms with Crippen LogP contribution in [-0.2, 0) is 0 Å². The number of anilines is 1. The molecule has 0 aliphatic heterocycles. The van der Waals surface area contributed by atoms with E-state index in [0.717, 1.165) is 5.56 Å². The molecule has 1 atom stereocenters. The molecular weight excluding hydrogens is 224 g/mol. The third-order valence-corrected chi connectivity index (χ3v) is 2.48. The van der Waals surface area contributed by atoms with Gasteiger partial charge >= 0.3 is 0 Å². The second-order valence-corrected chi connectivity index (χ2v) is 3.78. The maximum absolute atomic E-state index is 5.95. The van der Waals surface area contributed by atoms with Crippen molar-refractivity contribution >= 4 is 17.4 Å². The fraction of sp³-hybridized carbons (Fsp3) is 0.182. The normalized spacial score (nSPS) is 12.1. The molecule has 16 heavy (non-hydrogen) atoms. The third-order valence-electron chi connectivity index (χ3n) is 2.21. The van der Waals surface area contributed by atoms with Crippen molar-refractivity contribution in [1.29, 1.82) is 0 Å². The van der Waals surface area contributed by atoms with Crippen LogP contribution < -0.4 is 5.32 Å². The molecule has 0 fully saturated rings. The Bertz CT molecular complexity index is 461. The first-order valence-electron chi connectivity index (χ1n) is 4.89. The Morgan fingerprint density at radius 2 is 2.19 bits per heavy atom. The molecular formula is C11H11ClN4. The summed E-state index contributed by atoms with van der Waals surface area (Å²) in [4.78, 5) is 12.0. The van der Waals surface area contributed by atoms with Crippen molar-refractivity contribution in [3.8, 4) is 0 Å². The first-order chi connectivity index (χ1) is 7.77. The largest absolute Gasteiger partial charge is 0.362 e. The molecule has 5 heteroatoms. The van der Waals surface area contributed by atoms with E-state index in [0.29, 0.717) is 10.8 Å². The van der Waals surface area contributed by atoms with Crippen molar-refractivity contribution in [3.63, 3.8) is 0 Å². The van der Waals surface area contributed by atoms with Gasteiger partial charge in [0, 0.05) is 12.4 Å². The zero-order chi connectivity index (χ0) is 11.4. The van der Waals surface area contributed by atoms with Gasteiger partial charge in [0.1, 0.15) is 17.2 Å². The lowest BCUT2D eigenvalue weighted by Crippen LogP contribution is -2.08. The topological polar surface area (TPSA) is 50.7 Å². The molecule has 2 aromatic rings. The molecule has 0 saturated heterocycles. The molecule has 2 rings (SSSR count). The van der Waals surface area contributed by atoms with Crippen LogP contribution in [0.25, 0.3) is 0 Å². The Hall–Kier alpha value is -1.68. The summed E-state index contributed by atoms with van der Waals surface area (Å²) in [5.74, 6) is 0.632. The highest BCUT2D eigenvalue weighted by atomic mass is 35.5. The van der Waals surface area contributed by atoms with E-state index in [1.165, 1.54) is 6.33 Å². The fourth-order valence-corrected chi connectivity index (χ4v) is 1.50. The van der Waals surface area contributed by atoms with Gasteiger partial charge in [0.2, 0.25) is 0 Å². The van der Waals surface area contributed by atoms with E-state index >= 15 is 0 Å². The van der Waals surface area contributed by atoms with Gasteiger partial charge in [-0.2, -0.15) is 0 Å². The van der Waals surface area contributed by atoms with Crippen molar-refractivity contribution in [2.75, 3.05) is 5.32 Å². The molecule has 0 radical (unpaired) electrons. The first-order valence-corrected chi connectivity index (χ1v) is 5.27. The predicted molar refractivity (Wildman–Crippen MR) is 63.3 cm³/mol. The Labute approximate surface area is 98.7 Å². The van der Waals surface area contributed by atoms with Crippen molar-refractivity contribution < 1.29 is 0 Å². The van der Waals surface area contributed by atoms with Crippen molar-refractivity contribution in [3.05, 3.63) is 47.6 Å². The van der Waals surface area contributed by atoms with Gasteiger partial charge in [-0.05, 0) is 18.6 Å². The highest BCUT2D eigenvalue weighted by Gasteiger charge is 2.08. The van der Waals surface area contributed by atoms with Crippen LogP contribution in [0.5, 0.6) is 0 Å². The third kappa shape index (κ3) is 2.46. The van der Waals surface area contributed by atoms with Crippen LogP contribution in [0, 0.1) is 0 Å². The molecule has 0 aromatic carbocycles. The zero-order valence-corrected chi connectivity index (χ0v) is 9.52. The molecule has 0 spiro atoms. The van der Waals surface area contributed by atoms with E-state index in [-0.39, 0.29) is 6.04 Å². The molecule has 1 N–H and O–H groups in total. The standard InChI is InChI=1S/C11H11ClN4/c1-8(9-3-2-4-13-5-9)16-11-10(12)6-14-7-15-11/h2-8H,1H3,(H,14,15,16).